The van der Waals surface area contributed by atoms with Gasteiger partial charge in [0.15, 0.2) is 5.69 Å². The molecule has 0 atom stereocenters. The van der Waals surface area contributed by atoms with Crippen molar-refractivity contribution in [2.45, 2.75) is 25.7 Å². The van der Waals surface area contributed by atoms with Crippen LogP contribution in [0.25, 0.3) is 11.0 Å². The molecule has 29 heavy (non-hydrogen) atoms. The summed E-state index contributed by atoms with van der Waals surface area (Å²) in [6.45, 7) is 0.190. The summed E-state index contributed by atoms with van der Waals surface area (Å²) in [6, 6.07) is 8.18. The zero-order valence-electron chi connectivity index (χ0n) is 15.1. The Morgan fingerprint density at radius 2 is 2.07 bits per heavy atom. The summed E-state index contributed by atoms with van der Waals surface area (Å²) < 4.78 is 51.0. The lowest BCUT2D eigenvalue weighted by Gasteiger charge is -2.15. The third-order valence-corrected chi connectivity index (χ3v) is 4.66. The fourth-order valence-corrected chi connectivity index (χ4v) is 3.31. The Hall–Kier alpha value is -3.14. The van der Waals surface area contributed by atoms with Crippen molar-refractivity contribution < 1.29 is 27.1 Å². The lowest BCUT2D eigenvalue weighted by Crippen LogP contribution is -2.31. The first-order chi connectivity index (χ1) is 13.8. The molecule has 0 spiro atoms. The van der Waals surface area contributed by atoms with Crippen molar-refractivity contribution in [2.75, 3.05) is 13.2 Å². The molecule has 1 aliphatic heterocycles. The van der Waals surface area contributed by atoms with Crippen LogP contribution in [-0.4, -0.2) is 28.8 Å². The zero-order valence-corrected chi connectivity index (χ0v) is 15.1. The van der Waals surface area contributed by atoms with Crippen LogP contribution in [0.4, 0.5) is 13.2 Å². The van der Waals surface area contributed by atoms with Gasteiger partial charge < -0.3 is 14.5 Å². The second-order valence-electron chi connectivity index (χ2n) is 6.54. The summed E-state index contributed by atoms with van der Waals surface area (Å²) in [4.78, 5) is 24.4. The molecule has 0 unspecified atom stereocenters. The number of nitrogens with one attached hydrogen (secondary N) is 1. The Bertz CT molecular complexity index is 1130. The molecule has 4 rings (SSSR count). The molecule has 0 fully saturated rings. The van der Waals surface area contributed by atoms with Crippen molar-refractivity contribution in [3.63, 3.8) is 0 Å². The van der Waals surface area contributed by atoms with E-state index < -0.39 is 23.4 Å². The summed E-state index contributed by atoms with van der Waals surface area (Å²) in [7, 11) is 0. The van der Waals surface area contributed by atoms with Crippen LogP contribution in [0.2, 0.25) is 0 Å². The van der Waals surface area contributed by atoms with E-state index in [9.17, 15) is 22.8 Å². The summed E-state index contributed by atoms with van der Waals surface area (Å²) in [5.41, 5.74) is -1.08. The van der Waals surface area contributed by atoms with Crippen LogP contribution in [0.3, 0.4) is 0 Å². The molecular weight excluding hydrogens is 391 g/mol. The molecule has 10 heteroatoms. The van der Waals surface area contributed by atoms with Gasteiger partial charge in [0.05, 0.1) is 19.8 Å². The highest BCUT2D eigenvalue weighted by molar-refractivity contribution is 5.96. The largest absolute Gasteiger partial charge is 0.435 e. The predicted molar refractivity (Wildman–Crippen MR) is 95.4 cm³/mol. The standard InChI is InChI=1S/C19H16F3N3O4/c20-19(21,22)16-13-10-28-8-5-14(13)25(24-16)7-6-23-17(26)12-9-11-3-1-2-4-15(11)29-18(12)27/h1-4,9H,5-8,10H2,(H,23,26). The van der Waals surface area contributed by atoms with E-state index in [-0.39, 0.29) is 30.8 Å². The van der Waals surface area contributed by atoms with Crippen LogP contribution in [0, 0.1) is 0 Å². The van der Waals surface area contributed by atoms with Gasteiger partial charge >= 0.3 is 11.8 Å². The molecule has 2 aromatic heterocycles. The number of aromatic nitrogens is 2. The first kappa shape index (κ1) is 19.2. The molecule has 0 aliphatic carbocycles. The Kier molecular flexibility index (Phi) is 4.87. The molecule has 0 bridgehead atoms. The minimum atomic E-state index is -4.58. The maximum atomic E-state index is 13.2. The highest BCUT2D eigenvalue weighted by Crippen LogP contribution is 2.34. The topological polar surface area (TPSA) is 86.4 Å². The number of benzene rings is 1. The van der Waals surface area contributed by atoms with Crippen LogP contribution in [-0.2, 0) is 30.5 Å². The van der Waals surface area contributed by atoms with E-state index in [1.165, 1.54) is 10.7 Å². The van der Waals surface area contributed by atoms with Gasteiger partial charge in [0.2, 0.25) is 0 Å². The van der Waals surface area contributed by atoms with Crippen molar-refractivity contribution in [1.82, 2.24) is 15.1 Å². The lowest BCUT2D eigenvalue weighted by molar-refractivity contribution is -0.142. The normalized spacial score (nSPS) is 14.0. The van der Waals surface area contributed by atoms with E-state index >= 15 is 0 Å². The third kappa shape index (κ3) is 3.75. The molecule has 3 heterocycles. The molecule has 0 saturated heterocycles. The van der Waals surface area contributed by atoms with Gasteiger partial charge in [-0.1, -0.05) is 18.2 Å². The maximum Gasteiger partial charge on any atom is 0.435 e. The minimum Gasteiger partial charge on any atom is -0.422 e. The average molecular weight is 407 g/mol. The van der Waals surface area contributed by atoms with Crippen LogP contribution >= 0.6 is 0 Å². The number of hydrogen-bond donors (Lipinski definition) is 1. The number of hydrogen-bond acceptors (Lipinski definition) is 5. The van der Waals surface area contributed by atoms with Crippen LogP contribution < -0.4 is 10.9 Å². The van der Waals surface area contributed by atoms with Crippen molar-refractivity contribution in [3.8, 4) is 0 Å². The smallest absolute Gasteiger partial charge is 0.422 e. The van der Waals surface area contributed by atoms with Gasteiger partial charge in [-0.05, 0) is 12.1 Å². The molecular formula is C19H16F3N3O4. The number of carbonyl (C=O) groups excluding carboxylic acids is 1. The number of para-hydroxylation sites is 1. The predicted octanol–water partition coefficient (Wildman–Crippen LogP) is 2.51. The van der Waals surface area contributed by atoms with Crippen LogP contribution in [0.1, 0.15) is 27.3 Å². The SMILES string of the molecule is O=C(NCCn1nc(C(F)(F)F)c2c1CCOC2)c1cc2ccccc2oc1=O. The Morgan fingerprint density at radius 3 is 2.86 bits per heavy atom. The summed E-state index contributed by atoms with van der Waals surface area (Å²) in [5.74, 6) is -0.662. The fraction of sp³-hybridized carbons (Fsp3) is 0.316. The Balaban J connectivity index is 1.50. The average Bonchev–Trinajstić information content (AvgIpc) is 3.06. The van der Waals surface area contributed by atoms with E-state index in [4.69, 9.17) is 9.15 Å². The number of carbonyl (C=O) groups is 1. The highest BCUT2D eigenvalue weighted by Gasteiger charge is 2.39. The number of halogens is 3. The number of amides is 1. The molecule has 7 nitrogen and oxygen atoms in total. The van der Waals surface area contributed by atoms with E-state index in [0.29, 0.717) is 29.7 Å². The van der Waals surface area contributed by atoms with Gasteiger partial charge in [0, 0.05) is 29.6 Å². The zero-order chi connectivity index (χ0) is 20.6. The summed E-state index contributed by atoms with van der Waals surface area (Å²) >= 11 is 0. The summed E-state index contributed by atoms with van der Waals surface area (Å²) in [5, 5.41) is 6.80. The molecule has 1 amide bonds. The number of alkyl halides is 3. The minimum absolute atomic E-state index is 0.00260. The third-order valence-electron chi connectivity index (χ3n) is 4.66. The molecule has 3 aromatic rings. The van der Waals surface area contributed by atoms with Crippen molar-refractivity contribution >= 4 is 16.9 Å². The van der Waals surface area contributed by atoms with E-state index in [0.717, 1.165) is 0 Å². The molecule has 1 aromatic carbocycles. The van der Waals surface area contributed by atoms with E-state index in [1.807, 2.05) is 0 Å². The molecule has 1 aliphatic rings. The van der Waals surface area contributed by atoms with Gasteiger partial charge in [-0.3, -0.25) is 9.48 Å². The molecule has 152 valence electrons. The van der Waals surface area contributed by atoms with Crippen molar-refractivity contribution in [3.05, 3.63) is 63.3 Å². The number of fused-ring (bicyclic) bond motifs is 2. The van der Waals surface area contributed by atoms with Crippen LogP contribution in [0.5, 0.6) is 0 Å². The van der Waals surface area contributed by atoms with Gasteiger partial charge in [-0.15, -0.1) is 0 Å². The summed E-state index contributed by atoms with van der Waals surface area (Å²) in [6.07, 6.45) is -4.27. The van der Waals surface area contributed by atoms with Crippen molar-refractivity contribution in [2.24, 2.45) is 0 Å². The van der Waals surface area contributed by atoms with Crippen LogP contribution in [0.15, 0.2) is 39.5 Å². The molecule has 0 saturated carbocycles. The second-order valence-corrected chi connectivity index (χ2v) is 6.54. The van der Waals surface area contributed by atoms with Gasteiger partial charge in [0.25, 0.3) is 5.91 Å². The maximum absolute atomic E-state index is 13.2. The van der Waals surface area contributed by atoms with Gasteiger partial charge in [-0.2, -0.15) is 18.3 Å². The fourth-order valence-electron chi connectivity index (χ4n) is 3.31. The van der Waals surface area contributed by atoms with Crippen molar-refractivity contribution in [1.29, 1.82) is 0 Å². The number of ether oxygens (including phenoxy) is 1. The van der Waals surface area contributed by atoms with E-state index in [1.54, 1.807) is 24.3 Å². The molecule has 1 N–H and O–H groups in total. The second kappa shape index (κ2) is 7.36. The monoisotopic (exact) mass is 407 g/mol. The number of rotatable bonds is 4. The van der Waals surface area contributed by atoms with Gasteiger partial charge in [0.1, 0.15) is 11.1 Å². The first-order valence-electron chi connectivity index (χ1n) is 8.89. The van der Waals surface area contributed by atoms with E-state index in [2.05, 4.69) is 10.4 Å². The first-order valence-corrected chi connectivity index (χ1v) is 8.89. The Labute approximate surface area is 162 Å². The highest BCUT2D eigenvalue weighted by atomic mass is 19.4. The quantitative estimate of drug-likeness (QED) is 0.672. The number of nitrogens with zero attached hydrogens (tertiary/aromatic N) is 2. The van der Waals surface area contributed by atoms with Gasteiger partial charge in [-0.25, -0.2) is 4.79 Å². The Morgan fingerprint density at radius 1 is 1.28 bits per heavy atom. The molecule has 0 radical (unpaired) electrons. The lowest BCUT2D eigenvalue weighted by atomic mass is 10.1.